The normalized spacial score (nSPS) is 44.2. The summed E-state index contributed by atoms with van der Waals surface area (Å²) < 4.78 is 0. The summed E-state index contributed by atoms with van der Waals surface area (Å²) >= 11 is 0. The molecule has 3 fully saturated rings. The topological polar surface area (TPSA) is 0 Å². The molecule has 0 spiro atoms. The molecule has 0 unspecified atom stereocenters. The van der Waals surface area contributed by atoms with Crippen LogP contribution in [0.1, 0.15) is 125 Å². The second-order valence-electron chi connectivity index (χ2n) is 13.2. The number of hydrogen-bond acceptors (Lipinski definition) is 0. The molecule has 0 bridgehead atoms. The minimum Gasteiger partial charge on any atom is -0.0845 e. The van der Waals surface area contributed by atoms with Crippen LogP contribution in [0.3, 0.4) is 0 Å². The summed E-state index contributed by atoms with van der Waals surface area (Å²) in [5, 5.41) is 0. The van der Waals surface area contributed by atoms with Crippen molar-refractivity contribution in [1.29, 1.82) is 0 Å². The molecule has 0 aromatic heterocycles. The summed E-state index contributed by atoms with van der Waals surface area (Å²) in [5.41, 5.74) is 3.09. The van der Waals surface area contributed by atoms with E-state index < -0.39 is 0 Å². The minimum absolute atomic E-state index is 0.551. The van der Waals surface area contributed by atoms with Crippen molar-refractivity contribution in [3.63, 3.8) is 0 Å². The molecule has 0 amide bonds. The van der Waals surface area contributed by atoms with Gasteiger partial charge < -0.3 is 0 Å². The summed E-state index contributed by atoms with van der Waals surface area (Å²) in [6.07, 6.45) is 21.9. The third-order valence-corrected chi connectivity index (χ3v) is 11.1. The van der Waals surface area contributed by atoms with Gasteiger partial charge in [-0.25, -0.2) is 0 Å². The molecule has 3 saturated carbocycles. The zero-order valence-electron chi connectivity index (χ0n) is 21.3. The Bertz CT molecular complexity index is 614. The van der Waals surface area contributed by atoms with E-state index in [1.165, 1.54) is 83.5 Å². The minimum atomic E-state index is 0.551. The van der Waals surface area contributed by atoms with Crippen molar-refractivity contribution < 1.29 is 0 Å². The van der Waals surface area contributed by atoms with Gasteiger partial charge in [-0.1, -0.05) is 85.3 Å². The molecule has 0 aromatic rings. The first kappa shape index (κ1) is 22.9. The van der Waals surface area contributed by atoms with Gasteiger partial charge in [-0.15, -0.1) is 0 Å². The second kappa shape index (κ2) is 8.94. The van der Waals surface area contributed by atoms with Crippen LogP contribution in [0.4, 0.5) is 0 Å². The number of hydrogen-bond donors (Lipinski definition) is 0. The molecule has 0 nitrogen and oxygen atoms in total. The maximum absolute atomic E-state index is 2.79. The summed E-state index contributed by atoms with van der Waals surface area (Å²) in [4.78, 5) is 0. The van der Waals surface area contributed by atoms with Crippen molar-refractivity contribution in [3.05, 3.63) is 11.6 Å². The van der Waals surface area contributed by atoms with Gasteiger partial charge in [0.25, 0.3) is 0 Å². The zero-order valence-corrected chi connectivity index (χ0v) is 21.3. The molecule has 30 heavy (non-hydrogen) atoms. The number of rotatable bonds is 7. The largest absolute Gasteiger partial charge is 0.0845 e. The average Bonchev–Trinajstić information content (AvgIpc) is 3.05. The lowest BCUT2D eigenvalue weighted by molar-refractivity contribution is -0.0529. The van der Waals surface area contributed by atoms with E-state index in [4.69, 9.17) is 0 Å². The van der Waals surface area contributed by atoms with Crippen molar-refractivity contribution in [2.45, 2.75) is 125 Å². The van der Waals surface area contributed by atoms with E-state index in [2.05, 4.69) is 47.6 Å². The number of allylic oxidation sites excluding steroid dienone is 2. The third kappa shape index (κ3) is 3.96. The lowest BCUT2D eigenvalue weighted by atomic mass is 9.46. The number of fused-ring (bicyclic) bond motifs is 5. The van der Waals surface area contributed by atoms with Crippen molar-refractivity contribution >= 4 is 0 Å². The molecule has 8 atom stereocenters. The molecule has 0 radical (unpaired) electrons. The third-order valence-electron chi connectivity index (χ3n) is 11.1. The van der Waals surface area contributed by atoms with Crippen LogP contribution >= 0.6 is 0 Å². The molecule has 4 aliphatic rings. The fourth-order valence-corrected chi connectivity index (χ4v) is 9.42. The summed E-state index contributed by atoms with van der Waals surface area (Å²) in [6, 6.07) is 0. The fraction of sp³-hybridized carbons (Fsp3) is 0.933. The van der Waals surface area contributed by atoms with E-state index in [0.29, 0.717) is 10.8 Å². The Balaban J connectivity index is 1.47. The Hall–Kier alpha value is -0.260. The lowest BCUT2D eigenvalue weighted by Crippen LogP contribution is -2.50. The van der Waals surface area contributed by atoms with Gasteiger partial charge in [0.1, 0.15) is 0 Å². The predicted molar refractivity (Wildman–Crippen MR) is 131 cm³/mol. The van der Waals surface area contributed by atoms with Crippen LogP contribution in [0.25, 0.3) is 0 Å². The van der Waals surface area contributed by atoms with Gasteiger partial charge in [0.15, 0.2) is 0 Å². The first-order valence-corrected chi connectivity index (χ1v) is 14.0. The summed E-state index contributed by atoms with van der Waals surface area (Å²) in [6.45, 7) is 15.2. The Kier molecular flexibility index (Phi) is 6.83. The van der Waals surface area contributed by atoms with Crippen LogP contribution in [0.5, 0.6) is 0 Å². The first-order valence-electron chi connectivity index (χ1n) is 14.0. The van der Waals surface area contributed by atoms with E-state index >= 15 is 0 Å². The van der Waals surface area contributed by atoms with Crippen LogP contribution in [0.2, 0.25) is 0 Å². The second-order valence-corrected chi connectivity index (χ2v) is 13.2. The zero-order chi connectivity index (χ0) is 21.5. The maximum Gasteiger partial charge on any atom is -0.00851 e. The Labute approximate surface area is 189 Å². The van der Waals surface area contributed by atoms with Crippen molar-refractivity contribution in [1.82, 2.24) is 0 Å². The molecular weight excluding hydrogens is 360 g/mol. The van der Waals surface area contributed by atoms with Crippen LogP contribution in [0, 0.1) is 52.3 Å². The van der Waals surface area contributed by atoms with Crippen LogP contribution in [-0.2, 0) is 0 Å². The highest BCUT2D eigenvalue weighted by Crippen LogP contribution is 2.67. The Morgan fingerprint density at radius 2 is 1.77 bits per heavy atom. The molecular formula is C30H52. The van der Waals surface area contributed by atoms with Gasteiger partial charge in [0, 0.05) is 0 Å². The van der Waals surface area contributed by atoms with Crippen molar-refractivity contribution in [2.24, 2.45) is 52.3 Å². The van der Waals surface area contributed by atoms with Crippen molar-refractivity contribution in [2.75, 3.05) is 0 Å². The van der Waals surface area contributed by atoms with Crippen LogP contribution < -0.4 is 0 Å². The van der Waals surface area contributed by atoms with E-state index in [9.17, 15) is 0 Å². The highest BCUT2D eigenvalue weighted by Gasteiger charge is 2.59. The van der Waals surface area contributed by atoms with E-state index in [1.807, 2.05) is 5.57 Å². The molecule has 0 aliphatic heterocycles. The molecule has 4 rings (SSSR count). The summed E-state index contributed by atoms with van der Waals surface area (Å²) in [7, 11) is 0. The fourth-order valence-electron chi connectivity index (χ4n) is 9.42. The molecule has 4 aliphatic carbocycles. The highest BCUT2D eigenvalue weighted by atomic mass is 14.6. The molecule has 0 aromatic carbocycles. The molecule has 0 heteroatoms. The van der Waals surface area contributed by atoms with Gasteiger partial charge >= 0.3 is 0 Å². The predicted octanol–water partition coefficient (Wildman–Crippen LogP) is 9.44. The highest BCUT2D eigenvalue weighted by molar-refractivity contribution is 5.25. The van der Waals surface area contributed by atoms with Gasteiger partial charge in [0.05, 0.1) is 0 Å². The van der Waals surface area contributed by atoms with Gasteiger partial charge in [-0.2, -0.15) is 0 Å². The summed E-state index contributed by atoms with van der Waals surface area (Å²) in [5.74, 6) is 6.79. The van der Waals surface area contributed by atoms with Gasteiger partial charge in [-0.3, -0.25) is 0 Å². The smallest absolute Gasteiger partial charge is 0.00851 e. The SMILES string of the molecule is CCC[C@@H]1CC[C@@]2(C)C(=CC[C@H]3[C@@H]4CC[C@H]([C@H](C)CCCC(C)C)[C@@]4(C)CC[C@@H]32)C1. The van der Waals surface area contributed by atoms with Gasteiger partial charge in [0.2, 0.25) is 0 Å². The average molecular weight is 413 g/mol. The monoisotopic (exact) mass is 412 g/mol. The Morgan fingerprint density at radius 1 is 0.967 bits per heavy atom. The van der Waals surface area contributed by atoms with E-state index in [-0.39, 0.29) is 0 Å². The van der Waals surface area contributed by atoms with Crippen LogP contribution in [-0.4, -0.2) is 0 Å². The first-order chi connectivity index (χ1) is 14.3. The molecule has 0 saturated heterocycles. The molecule has 0 heterocycles. The lowest BCUT2D eigenvalue weighted by Gasteiger charge is -2.58. The van der Waals surface area contributed by atoms with Crippen molar-refractivity contribution in [3.8, 4) is 0 Å². The van der Waals surface area contributed by atoms with E-state index in [1.54, 1.807) is 0 Å². The molecule has 172 valence electrons. The molecule has 0 N–H and O–H groups in total. The van der Waals surface area contributed by atoms with Crippen LogP contribution in [0.15, 0.2) is 11.6 Å². The standard InChI is InChI=1S/C30H52/c1-7-9-23-16-18-29(5)24(20-23)12-13-25-27-15-14-26(22(4)11-8-10-21(2)3)30(27,6)19-17-28(25)29/h12,21-23,25-28H,7-11,13-20H2,1-6H3/t22-,23-,25+,26-,27+,28+,29+,30-/m1/s1. The van der Waals surface area contributed by atoms with Gasteiger partial charge in [-0.05, 0) is 104 Å². The van der Waals surface area contributed by atoms with E-state index in [0.717, 1.165) is 41.4 Å². The Morgan fingerprint density at radius 3 is 2.50 bits per heavy atom. The maximum atomic E-state index is 2.79. The quantitative estimate of drug-likeness (QED) is 0.365.